The van der Waals surface area contributed by atoms with Gasteiger partial charge in [0.15, 0.2) is 11.5 Å². The number of rotatable bonds is 8. The molecule has 1 aromatic heterocycles. The zero-order valence-corrected chi connectivity index (χ0v) is 13.0. The monoisotopic (exact) mass is 316 g/mol. The van der Waals surface area contributed by atoms with E-state index in [9.17, 15) is 9.59 Å². The van der Waals surface area contributed by atoms with Crippen molar-refractivity contribution in [3.8, 4) is 5.75 Å². The van der Waals surface area contributed by atoms with Crippen molar-refractivity contribution in [2.75, 3.05) is 13.1 Å². The van der Waals surface area contributed by atoms with Crippen molar-refractivity contribution in [2.45, 2.75) is 20.0 Å². The van der Waals surface area contributed by atoms with Crippen LogP contribution in [-0.4, -0.2) is 24.8 Å². The van der Waals surface area contributed by atoms with Gasteiger partial charge < -0.3 is 20.2 Å². The average molecular weight is 316 g/mol. The molecule has 0 aliphatic heterocycles. The van der Waals surface area contributed by atoms with Gasteiger partial charge >= 0.3 is 0 Å². The Bertz CT molecular complexity index is 661. The van der Waals surface area contributed by atoms with Gasteiger partial charge in [0.05, 0.1) is 0 Å². The van der Waals surface area contributed by atoms with Crippen LogP contribution in [0.5, 0.6) is 5.75 Å². The lowest BCUT2D eigenvalue weighted by Crippen LogP contribution is -2.28. The molecule has 0 bridgehead atoms. The lowest BCUT2D eigenvalue weighted by Gasteiger charge is -2.05. The Morgan fingerprint density at radius 3 is 2.57 bits per heavy atom. The first-order valence-corrected chi connectivity index (χ1v) is 7.47. The first-order valence-electron chi connectivity index (χ1n) is 7.47. The van der Waals surface area contributed by atoms with E-state index in [1.54, 1.807) is 36.4 Å². The molecule has 2 rings (SSSR count). The Morgan fingerprint density at radius 2 is 1.91 bits per heavy atom. The fraction of sp³-hybridized carbons (Fsp3) is 0.294. The van der Waals surface area contributed by atoms with E-state index in [1.165, 1.54) is 0 Å². The summed E-state index contributed by atoms with van der Waals surface area (Å²) in [6.07, 6.45) is 0.474. The van der Waals surface area contributed by atoms with E-state index in [0.717, 1.165) is 0 Å². The molecule has 0 unspecified atom stereocenters. The van der Waals surface area contributed by atoms with Crippen molar-refractivity contribution >= 4 is 11.7 Å². The van der Waals surface area contributed by atoms with E-state index in [2.05, 4.69) is 5.32 Å². The maximum atomic E-state index is 11.7. The topological polar surface area (TPSA) is 94.6 Å². The third kappa shape index (κ3) is 4.69. The van der Waals surface area contributed by atoms with E-state index in [0.29, 0.717) is 36.6 Å². The van der Waals surface area contributed by atoms with Gasteiger partial charge in [0.2, 0.25) is 0 Å². The van der Waals surface area contributed by atoms with Gasteiger partial charge in [-0.1, -0.05) is 6.92 Å². The maximum absolute atomic E-state index is 11.7. The highest BCUT2D eigenvalue weighted by atomic mass is 16.5. The summed E-state index contributed by atoms with van der Waals surface area (Å²) < 4.78 is 11.0. The van der Waals surface area contributed by atoms with Gasteiger partial charge in [0, 0.05) is 25.1 Å². The number of hydrogen-bond acceptors (Lipinski definition) is 5. The van der Waals surface area contributed by atoms with Crippen LogP contribution in [0, 0.1) is 0 Å². The van der Waals surface area contributed by atoms with Crippen LogP contribution in [0.4, 0.5) is 0 Å². The zero-order chi connectivity index (χ0) is 16.7. The van der Waals surface area contributed by atoms with Crippen LogP contribution in [0.2, 0.25) is 0 Å². The standard InChI is InChI=1S/C17H20N2O4/c1-2-15(20)12-3-5-13(6-4-12)22-11-14-7-8-16(23-14)17(21)19-10-9-18/h3-8H,2,9-11,18H2,1H3,(H,19,21). The van der Waals surface area contributed by atoms with Gasteiger partial charge in [-0.3, -0.25) is 9.59 Å². The summed E-state index contributed by atoms with van der Waals surface area (Å²) >= 11 is 0. The lowest BCUT2D eigenvalue weighted by molar-refractivity contribution is 0.0922. The minimum Gasteiger partial charge on any atom is -0.486 e. The number of ether oxygens (including phenoxy) is 1. The van der Waals surface area contributed by atoms with Gasteiger partial charge in [-0.2, -0.15) is 0 Å². The van der Waals surface area contributed by atoms with Crippen LogP contribution in [0.3, 0.4) is 0 Å². The predicted molar refractivity (Wildman–Crippen MR) is 85.5 cm³/mol. The van der Waals surface area contributed by atoms with E-state index >= 15 is 0 Å². The minimum absolute atomic E-state index is 0.0933. The van der Waals surface area contributed by atoms with E-state index in [-0.39, 0.29) is 24.1 Å². The Labute approximate surface area is 134 Å². The summed E-state index contributed by atoms with van der Waals surface area (Å²) in [7, 11) is 0. The molecule has 122 valence electrons. The van der Waals surface area contributed by atoms with E-state index in [1.807, 2.05) is 6.92 Å². The fourth-order valence-corrected chi connectivity index (χ4v) is 1.95. The van der Waals surface area contributed by atoms with E-state index in [4.69, 9.17) is 14.9 Å². The number of nitrogens with one attached hydrogen (secondary N) is 1. The van der Waals surface area contributed by atoms with Crippen molar-refractivity contribution < 1.29 is 18.7 Å². The molecule has 0 spiro atoms. The molecule has 1 aromatic carbocycles. The van der Waals surface area contributed by atoms with Crippen LogP contribution in [0.1, 0.15) is 40.0 Å². The van der Waals surface area contributed by atoms with Gasteiger partial charge in [-0.25, -0.2) is 0 Å². The summed E-state index contributed by atoms with van der Waals surface area (Å²) in [4.78, 5) is 23.2. The van der Waals surface area contributed by atoms with Crippen LogP contribution in [0.25, 0.3) is 0 Å². The molecule has 2 aromatic rings. The first kappa shape index (κ1) is 16.8. The molecule has 0 radical (unpaired) electrons. The molecule has 0 saturated carbocycles. The summed E-state index contributed by atoms with van der Waals surface area (Å²) in [6.45, 7) is 2.79. The molecule has 1 amide bonds. The quantitative estimate of drug-likeness (QED) is 0.728. The molecular weight excluding hydrogens is 296 g/mol. The Kier molecular flexibility index (Phi) is 5.94. The molecule has 3 N–H and O–H groups in total. The van der Waals surface area contributed by atoms with Gasteiger partial charge in [0.1, 0.15) is 18.1 Å². The normalized spacial score (nSPS) is 10.3. The Balaban J connectivity index is 1.90. The number of nitrogens with two attached hydrogens (primary N) is 1. The number of Topliss-reactive ketones (excluding diaryl/α,β-unsaturated/α-hetero) is 1. The molecule has 0 atom stereocenters. The lowest BCUT2D eigenvalue weighted by atomic mass is 10.1. The highest BCUT2D eigenvalue weighted by molar-refractivity contribution is 5.95. The fourth-order valence-electron chi connectivity index (χ4n) is 1.95. The molecule has 6 heteroatoms. The molecule has 6 nitrogen and oxygen atoms in total. The zero-order valence-electron chi connectivity index (χ0n) is 13.0. The Morgan fingerprint density at radius 1 is 1.17 bits per heavy atom. The van der Waals surface area contributed by atoms with Crippen LogP contribution in [-0.2, 0) is 6.61 Å². The van der Waals surface area contributed by atoms with Gasteiger partial charge in [-0.05, 0) is 36.4 Å². The molecular formula is C17H20N2O4. The van der Waals surface area contributed by atoms with Crippen LogP contribution in [0.15, 0.2) is 40.8 Å². The summed E-state index contributed by atoms with van der Waals surface area (Å²) in [5.74, 6) is 1.18. The summed E-state index contributed by atoms with van der Waals surface area (Å²) in [5.41, 5.74) is 5.99. The molecule has 1 heterocycles. The van der Waals surface area contributed by atoms with Crippen molar-refractivity contribution in [3.63, 3.8) is 0 Å². The number of ketones is 1. The largest absolute Gasteiger partial charge is 0.486 e. The van der Waals surface area contributed by atoms with Gasteiger partial charge in [0.25, 0.3) is 5.91 Å². The van der Waals surface area contributed by atoms with Crippen LogP contribution < -0.4 is 15.8 Å². The average Bonchev–Trinajstić information content (AvgIpc) is 3.06. The second-order valence-corrected chi connectivity index (χ2v) is 4.90. The van der Waals surface area contributed by atoms with Crippen LogP contribution >= 0.6 is 0 Å². The number of furan rings is 1. The number of benzene rings is 1. The third-order valence-corrected chi connectivity index (χ3v) is 3.19. The smallest absolute Gasteiger partial charge is 0.287 e. The number of amides is 1. The second-order valence-electron chi connectivity index (χ2n) is 4.90. The number of carbonyl (C=O) groups is 2. The molecule has 0 saturated heterocycles. The van der Waals surface area contributed by atoms with Crippen molar-refractivity contribution in [1.29, 1.82) is 0 Å². The minimum atomic E-state index is -0.302. The summed E-state index contributed by atoms with van der Waals surface area (Å²) in [6, 6.07) is 10.2. The molecule has 0 aliphatic rings. The molecule has 0 aliphatic carbocycles. The van der Waals surface area contributed by atoms with E-state index < -0.39 is 0 Å². The first-order chi connectivity index (χ1) is 11.1. The van der Waals surface area contributed by atoms with Crippen molar-refractivity contribution in [1.82, 2.24) is 5.32 Å². The SMILES string of the molecule is CCC(=O)c1ccc(OCc2ccc(C(=O)NCCN)o2)cc1. The Hall–Kier alpha value is -2.60. The van der Waals surface area contributed by atoms with Crippen molar-refractivity contribution in [3.05, 3.63) is 53.5 Å². The maximum Gasteiger partial charge on any atom is 0.287 e. The van der Waals surface area contributed by atoms with Crippen molar-refractivity contribution in [2.24, 2.45) is 5.73 Å². The second kappa shape index (κ2) is 8.14. The number of carbonyl (C=O) groups excluding carboxylic acids is 2. The molecule has 23 heavy (non-hydrogen) atoms. The third-order valence-electron chi connectivity index (χ3n) is 3.19. The number of hydrogen-bond donors (Lipinski definition) is 2. The summed E-state index contributed by atoms with van der Waals surface area (Å²) in [5, 5.41) is 2.63. The molecule has 0 fully saturated rings. The highest BCUT2D eigenvalue weighted by Crippen LogP contribution is 2.16. The highest BCUT2D eigenvalue weighted by Gasteiger charge is 2.11. The van der Waals surface area contributed by atoms with Gasteiger partial charge in [-0.15, -0.1) is 0 Å². The predicted octanol–water partition coefficient (Wildman–Crippen LogP) is 2.14.